The molecule has 0 unspecified atom stereocenters. The Labute approximate surface area is 109 Å². The number of rotatable bonds is 6. The van der Waals surface area contributed by atoms with E-state index in [1.807, 2.05) is 0 Å². The fourth-order valence-corrected chi connectivity index (χ4v) is 1.69. The van der Waals surface area contributed by atoms with Gasteiger partial charge in [0.05, 0.1) is 5.56 Å². The van der Waals surface area contributed by atoms with Crippen LogP contribution in [0.3, 0.4) is 0 Å². The zero-order valence-corrected chi connectivity index (χ0v) is 10.6. The average Bonchev–Trinajstić information content (AvgIpc) is 2.28. The SMILES string of the molecule is O=C(CCBr)c1ccc(OC(F)F)c(C(F)F)c1. The third kappa shape index (κ3) is 3.97. The molecule has 0 heterocycles. The molecule has 0 fully saturated rings. The molecule has 0 spiro atoms. The Morgan fingerprint density at radius 3 is 2.44 bits per heavy atom. The number of hydrogen-bond donors (Lipinski definition) is 0. The molecule has 0 atom stereocenters. The van der Waals surface area contributed by atoms with Crippen LogP contribution in [0.5, 0.6) is 5.75 Å². The molecule has 18 heavy (non-hydrogen) atoms. The molecule has 100 valence electrons. The standard InChI is InChI=1S/C11H9BrF4O2/c12-4-3-8(17)6-1-2-9(18-11(15)16)7(5-6)10(13)14/h1-2,5,10-11H,3-4H2. The second kappa shape index (κ2) is 6.72. The lowest BCUT2D eigenvalue weighted by Crippen LogP contribution is -2.07. The second-order valence-corrected chi connectivity index (χ2v) is 4.09. The highest BCUT2D eigenvalue weighted by Crippen LogP contribution is 2.31. The zero-order chi connectivity index (χ0) is 13.7. The van der Waals surface area contributed by atoms with Crippen molar-refractivity contribution in [3.8, 4) is 5.75 Å². The molecule has 0 radical (unpaired) electrons. The maximum Gasteiger partial charge on any atom is 0.387 e. The van der Waals surface area contributed by atoms with Gasteiger partial charge in [0, 0.05) is 17.3 Å². The van der Waals surface area contributed by atoms with Gasteiger partial charge < -0.3 is 4.74 Å². The summed E-state index contributed by atoms with van der Waals surface area (Å²) in [4.78, 5) is 11.5. The molecule has 0 aliphatic rings. The summed E-state index contributed by atoms with van der Waals surface area (Å²) in [7, 11) is 0. The Kier molecular flexibility index (Phi) is 5.58. The van der Waals surface area contributed by atoms with Crippen LogP contribution in [0, 0.1) is 0 Å². The van der Waals surface area contributed by atoms with Gasteiger partial charge in [-0.2, -0.15) is 8.78 Å². The van der Waals surface area contributed by atoms with Crippen LogP contribution in [0.15, 0.2) is 18.2 Å². The number of Topliss-reactive ketones (excluding diaryl/α,β-unsaturated/α-hetero) is 1. The summed E-state index contributed by atoms with van der Waals surface area (Å²) in [5, 5.41) is 0.394. The Bertz CT molecular complexity index is 424. The summed E-state index contributed by atoms with van der Waals surface area (Å²) in [5.74, 6) is -0.965. The molecular weight excluding hydrogens is 320 g/mol. The Morgan fingerprint density at radius 1 is 1.28 bits per heavy atom. The van der Waals surface area contributed by atoms with Gasteiger partial charge in [-0.1, -0.05) is 15.9 Å². The summed E-state index contributed by atoms with van der Waals surface area (Å²) in [6.07, 6.45) is -2.85. The largest absolute Gasteiger partial charge is 0.434 e. The fraction of sp³-hybridized carbons (Fsp3) is 0.364. The minimum absolute atomic E-state index is 0.0476. The van der Waals surface area contributed by atoms with Crippen LogP contribution >= 0.6 is 15.9 Å². The first-order valence-electron chi connectivity index (χ1n) is 4.91. The molecule has 1 aromatic carbocycles. The molecule has 0 saturated heterocycles. The molecule has 0 aromatic heterocycles. The molecular formula is C11H9BrF4O2. The lowest BCUT2D eigenvalue weighted by atomic mass is 10.0. The summed E-state index contributed by atoms with van der Waals surface area (Å²) in [5.41, 5.74) is -0.665. The van der Waals surface area contributed by atoms with E-state index in [-0.39, 0.29) is 17.8 Å². The summed E-state index contributed by atoms with van der Waals surface area (Å²) >= 11 is 3.05. The first-order valence-corrected chi connectivity index (χ1v) is 6.04. The van der Waals surface area contributed by atoms with Crippen LogP contribution < -0.4 is 4.74 Å². The highest BCUT2D eigenvalue weighted by Gasteiger charge is 2.19. The van der Waals surface area contributed by atoms with Gasteiger partial charge in [-0.05, 0) is 18.2 Å². The Balaban J connectivity index is 3.06. The minimum atomic E-state index is -3.19. The van der Waals surface area contributed by atoms with Crippen molar-refractivity contribution in [3.63, 3.8) is 0 Å². The second-order valence-electron chi connectivity index (χ2n) is 3.29. The van der Waals surface area contributed by atoms with Crippen molar-refractivity contribution >= 4 is 21.7 Å². The zero-order valence-electron chi connectivity index (χ0n) is 9.01. The van der Waals surface area contributed by atoms with Crippen LogP contribution in [-0.2, 0) is 0 Å². The molecule has 0 saturated carbocycles. The van der Waals surface area contributed by atoms with E-state index in [2.05, 4.69) is 20.7 Å². The minimum Gasteiger partial charge on any atom is -0.434 e. The van der Waals surface area contributed by atoms with Crippen LogP contribution in [-0.4, -0.2) is 17.7 Å². The monoisotopic (exact) mass is 328 g/mol. The number of ether oxygens (including phenoxy) is 1. The normalized spacial score (nSPS) is 11.1. The predicted molar refractivity (Wildman–Crippen MR) is 60.8 cm³/mol. The van der Waals surface area contributed by atoms with Gasteiger partial charge in [0.2, 0.25) is 0 Å². The van der Waals surface area contributed by atoms with Crippen LogP contribution in [0.1, 0.15) is 28.8 Å². The molecule has 1 rings (SSSR count). The smallest absolute Gasteiger partial charge is 0.387 e. The number of carbonyl (C=O) groups excluding carboxylic acids is 1. The van der Waals surface area contributed by atoms with Gasteiger partial charge in [-0.25, -0.2) is 8.78 Å². The number of benzene rings is 1. The van der Waals surface area contributed by atoms with Crippen molar-refractivity contribution in [3.05, 3.63) is 29.3 Å². The van der Waals surface area contributed by atoms with Crippen molar-refractivity contribution in [2.45, 2.75) is 19.5 Å². The van der Waals surface area contributed by atoms with Crippen molar-refractivity contribution in [2.24, 2.45) is 0 Å². The highest BCUT2D eigenvalue weighted by molar-refractivity contribution is 9.09. The van der Waals surface area contributed by atoms with Crippen molar-refractivity contribution in [1.82, 2.24) is 0 Å². The molecule has 0 N–H and O–H groups in total. The molecule has 0 aliphatic heterocycles. The lowest BCUT2D eigenvalue weighted by molar-refractivity contribution is -0.0519. The number of alkyl halides is 5. The molecule has 1 aromatic rings. The van der Waals surface area contributed by atoms with Crippen molar-refractivity contribution in [2.75, 3.05) is 5.33 Å². The Hall–Kier alpha value is -1.11. The van der Waals surface area contributed by atoms with Gasteiger partial charge in [-0.3, -0.25) is 4.79 Å². The van der Waals surface area contributed by atoms with Gasteiger partial charge in [-0.15, -0.1) is 0 Å². The van der Waals surface area contributed by atoms with Gasteiger partial charge in [0.1, 0.15) is 5.75 Å². The number of carbonyl (C=O) groups is 1. The number of ketones is 1. The van der Waals surface area contributed by atoms with Crippen molar-refractivity contribution in [1.29, 1.82) is 0 Å². The maximum atomic E-state index is 12.7. The van der Waals surface area contributed by atoms with E-state index in [9.17, 15) is 22.4 Å². The third-order valence-electron chi connectivity index (χ3n) is 2.10. The maximum absolute atomic E-state index is 12.7. The quantitative estimate of drug-likeness (QED) is 0.444. The third-order valence-corrected chi connectivity index (χ3v) is 2.50. The first-order chi connectivity index (χ1) is 8.45. The van der Waals surface area contributed by atoms with Gasteiger partial charge >= 0.3 is 6.61 Å². The summed E-state index contributed by atoms with van der Waals surface area (Å²) in [6.45, 7) is -3.19. The molecule has 0 amide bonds. The van der Waals surface area contributed by atoms with Crippen LogP contribution in [0.2, 0.25) is 0 Å². The van der Waals surface area contributed by atoms with E-state index in [1.54, 1.807) is 0 Å². The van der Waals surface area contributed by atoms with Crippen LogP contribution in [0.25, 0.3) is 0 Å². The fourth-order valence-electron chi connectivity index (χ4n) is 1.33. The predicted octanol–water partition coefficient (Wildman–Crippen LogP) is 4.19. The van der Waals surface area contributed by atoms with E-state index < -0.39 is 24.3 Å². The average molecular weight is 329 g/mol. The Morgan fingerprint density at radius 2 is 1.94 bits per heavy atom. The molecule has 2 nitrogen and oxygen atoms in total. The van der Waals surface area contributed by atoms with Gasteiger partial charge in [0.25, 0.3) is 6.43 Å². The lowest BCUT2D eigenvalue weighted by Gasteiger charge is -2.11. The van der Waals surface area contributed by atoms with E-state index in [0.717, 1.165) is 12.1 Å². The van der Waals surface area contributed by atoms with Crippen LogP contribution in [0.4, 0.5) is 17.6 Å². The van der Waals surface area contributed by atoms with E-state index in [0.29, 0.717) is 5.33 Å². The summed E-state index contributed by atoms with van der Waals surface area (Å²) < 4.78 is 53.3. The molecule has 0 bridgehead atoms. The molecule has 0 aliphatic carbocycles. The first kappa shape index (κ1) is 14.9. The van der Waals surface area contributed by atoms with Gasteiger partial charge in [0.15, 0.2) is 5.78 Å². The summed E-state index contributed by atoms with van der Waals surface area (Å²) in [6, 6.07) is 3.02. The van der Waals surface area contributed by atoms with E-state index in [1.165, 1.54) is 6.07 Å². The molecule has 7 heteroatoms. The van der Waals surface area contributed by atoms with E-state index >= 15 is 0 Å². The number of halogens is 5. The topological polar surface area (TPSA) is 26.3 Å². The highest BCUT2D eigenvalue weighted by atomic mass is 79.9. The van der Waals surface area contributed by atoms with Crippen molar-refractivity contribution < 1.29 is 27.1 Å². The van der Waals surface area contributed by atoms with E-state index in [4.69, 9.17) is 0 Å². The number of hydrogen-bond acceptors (Lipinski definition) is 2.